The monoisotopic (exact) mass is 306 g/mol. The zero-order valence-electron chi connectivity index (χ0n) is 11.7. The summed E-state index contributed by atoms with van der Waals surface area (Å²) >= 11 is 1.49. The zero-order valence-corrected chi connectivity index (χ0v) is 12.5. The van der Waals surface area contributed by atoms with Crippen LogP contribution in [0.2, 0.25) is 0 Å². The van der Waals surface area contributed by atoms with Crippen molar-refractivity contribution in [3.8, 4) is 10.8 Å². The average molecular weight is 306 g/mol. The van der Waals surface area contributed by atoms with Gasteiger partial charge in [-0.3, -0.25) is 4.79 Å². The molecule has 0 bridgehead atoms. The molecule has 5 nitrogen and oxygen atoms in total. The Morgan fingerprint density at radius 1 is 1.57 bits per heavy atom. The molecule has 1 aliphatic rings. The summed E-state index contributed by atoms with van der Waals surface area (Å²) in [5, 5.41) is 11.7. The lowest BCUT2D eigenvalue weighted by molar-refractivity contribution is -0.129. The van der Waals surface area contributed by atoms with E-state index in [1.807, 2.05) is 22.4 Å². The first-order valence-electron chi connectivity index (χ1n) is 7.13. The van der Waals surface area contributed by atoms with E-state index in [1.54, 1.807) is 6.26 Å². The van der Waals surface area contributed by atoms with Crippen LogP contribution in [-0.2, 0) is 11.2 Å². The van der Waals surface area contributed by atoms with E-state index in [0.29, 0.717) is 12.3 Å². The number of hydrogen-bond acceptors (Lipinski definition) is 5. The molecule has 2 aromatic heterocycles. The Morgan fingerprint density at radius 3 is 3.24 bits per heavy atom. The molecule has 1 aliphatic heterocycles. The van der Waals surface area contributed by atoms with Gasteiger partial charge in [0.1, 0.15) is 0 Å². The molecular formula is C15H18N2O3S. The zero-order chi connectivity index (χ0) is 14.7. The number of rotatable bonds is 5. The molecule has 0 aliphatic carbocycles. The minimum atomic E-state index is 0.117. The molecule has 112 valence electrons. The highest BCUT2D eigenvalue weighted by atomic mass is 32.1. The Bertz CT molecular complexity index is 594. The fourth-order valence-corrected chi connectivity index (χ4v) is 3.43. The van der Waals surface area contributed by atoms with Crippen molar-refractivity contribution in [3.05, 3.63) is 29.5 Å². The summed E-state index contributed by atoms with van der Waals surface area (Å²) in [6.45, 7) is 1.75. The predicted molar refractivity (Wildman–Crippen MR) is 79.9 cm³/mol. The molecule has 3 rings (SSSR count). The minimum Gasteiger partial charge on any atom is -0.462 e. The summed E-state index contributed by atoms with van der Waals surface area (Å²) in [6.07, 6.45) is 3.72. The van der Waals surface area contributed by atoms with Gasteiger partial charge < -0.3 is 14.4 Å². The highest BCUT2D eigenvalue weighted by Crippen LogP contribution is 2.25. The number of likely N-dealkylation sites (tertiary alicyclic amines) is 1. The molecule has 2 aromatic rings. The number of hydrogen-bond donors (Lipinski definition) is 1. The minimum absolute atomic E-state index is 0.117. The Balaban J connectivity index is 1.58. The maximum absolute atomic E-state index is 12.3. The Kier molecular flexibility index (Phi) is 4.36. The van der Waals surface area contributed by atoms with E-state index < -0.39 is 0 Å². The molecule has 1 N–H and O–H groups in total. The van der Waals surface area contributed by atoms with Gasteiger partial charge in [0.15, 0.2) is 10.8 Å². The van der Waals surface area contributed by atoms with E-state index in [1.165, 1.54) is 11.3 Å². The molecular weight excluding hydrogens is 288 g/mol. The summed E-state index contributed by atoms with van der Waals surface area (Å²) in [7, 11) is 0. The van der Waals surface area contributed by atoms with E-state index in [9.17, 15) is 4.79 Å². The molecule has 3 heterocycles. The van der Waals surface area contributed by atoms with Crippen molar-refractivity contribution in [3.63, 3.8) is 0 Å². The highest BCUT2D eigenvalue weighted by molar-refractivity contribution is 7.13. The van der Waals surface area contributed by atoms with E-state index in [4.69, 9.17) is 9.52 Å². The number of furan rings is 1. The molecule has 1 fully saturated rings. The van der Waals surface area contributed by atoms with Crippen LogP contribution in [0.25, 0.3) is 10.8 Å². The van der Waals surface area contributed by atoms with Crippen LogP contribution >= 0.6 is 11.3 Å². The highest BCUT2D eigenvalue weighted by Gasteiger charge is 2.26. The first-order chi connectivity index (χ1) is 10.3. The van der Waals surface area contributed by atoms with E-state index in [2.05, 4.69) is 4.98 Å². The number of thiazole rings is 1. The molecule has 1 saturated heterocycles. The molecule has 0 saturated carbocycles. The van der Waals surface area contributed by atoms with Crippen LogP contribution in [0.4, 0.5) is 0 Å². The Morgan fingerprint density at radius 2 is 2.48 bits per heavy atom. The van der Waals surface area contributed by atoms with Gasteiger partial charge in [-0.15, -0.1) is 11.3 Å². The van der Waals surface area contributed by atoms with Gasteiger partial charge in [0.25, 0.3) is 0 Å². The van der Waals surface area contributed by atoms with Crippen LogP contribution in [0, 0.1) is 5.92 Å². The van der Waals surface area contributed by atoms with Crippen molar-refractivity contribution in [2.45, 2.75) is 19.3 Å². The number of nitrogens with zero attached hydrogens (tertiary/aromatic N) is 2. The second-order valence-electron chi connectivity index (χ2n) is 5.30. The van der Waals surface area contributed by atoms with Gasteiger partial charge in [-0.25, -0.2) is 4.98 Å². The maximum Gasteiger partial charge on any atom is 0.228 e. The van der Waals surface area contributed by atoms with Crippen LogP contribution in [0.3, 0.4) is 0 Å². The molecule has 0 radical (unpaired) electrons. The summed E-state index contributed by atoms with van der Waals surface area (Å²) in [4.78, 5) is 18.6. The third-order valence-corrected chi connectivity index (χ3v) is 4.70. The number of aromatic nitrogens is 1. The van der Waals surface area contributed by atoms with Crippen LogP contribution in [0.5, 0.6) is 0 Å². The van der Waals surface area contributed by atoms with Crippen LogP contribution in [0.15, 0.2) is 28.2 Å². The lowest BCUT2D eigenvalue weighted by Crippen LogP contribution is -2.30. The molecule has 1 unspecified atom stereocenters. The van der Waals surface area contributed by atoms with Crippen molar-refractivity contribution in [1.82, 2.24) is 9.88 Å². The first-order valence-corrected chi connectivity index (χ1v) is 8.01. The average Bonchev–Trinajstić information content (AvgIpc) is 3.20. The van der Waals surface area contributed by atoms with Crippen LogP contribution < -0.4 is 0 Å². The fraction of sp³-hybridized carbons (Fsp3) is 0.467. The molecule has 1 amide bonds. The molecule has 21 heavy (non-hydrogen) atoms. The Hall–Kier alpha value is -1.66. The summed E-state index contributed by atoms with van der Waals surface area (Å²) in [5.74, 6) is 1.29. The number of aliphatic hydroxyl groups is 1. The third-order valence-electron chi connectivity index (χ3n) is 3.79. The van der Waals surface area contributed by atoms with E-state index in [0.717, 1.165) is 42.4 Å². The molecule has 0 aromatic carbocycles. The largest absolute Gasteiger partial charge is 0.462 e. The van der Waals surface area contributed by atoms with Crippen molar-refractivity contribution >= 4 is 17.2 Å². The van der Waals surface area contributed by atoms with Crippen molar-refractivity contribution < 1.29 is 14.3 Å². The van der Waals surface area contributed by atoms with Crippen LogP contribution in [0.1, 0.15) is 18.5 Å². The van der Waals surface area contributed by atoms with Crippen molar-refractivity contribution in [1.29, 1.82) is 0 Å². The van der Waals surface area contributed by atoms with E-state index in [-0.39, 0.29) is 12.5 Å². The fourth-order valence-electron chi connectivity index (χ4n) is 2.65. The lowest BCUT2D eigenvalue weighted by atomic mass is 10.1. The number of carbonyl (C=O) groups excluding carboxylic acids is 1. The quantitative estimate of drug-likeness (QED) is 0.919. The normalized spacial score (nSPS) is 18.3. The SMILES string of the molecule is O=C(Cc1csc(-c2ccco2)n1)N1CCC(CCO)C1. The summed E-state index contributed by atoms with van der Waals surface area (Å²) in [6, 6.07) is 3.69. The van der Waals surface area contributed by atoms with Gasteiger partial charge in [-0.05, 0) is 30.9 Å². The van der Waals surface area contributed by atoms with Gasteiger partial charge in [-0.1, -0.05) is 0 Å². The second-order valence-corrected chi connectivity index (χ2v) is 6.16. The lowest BCUT2D eigenvalue weighted by Gasteiger charge is -2.15. The smallest absolute Gasteiger partial charge is 0.228 e. The number of carbonyl (C=O) groups is 1. The van der Waals surface area contributed by atoms with Crippen molar-refractivity contribution in [2.24, 2.45) is 5.92 Å². The number of aliphatic hydroxyl groups excluding tert-OH is 1. The number of amides is 1. The third kappa shape index (κ3) is 3.33. The summed E-state index contributed by atoms with van der Waals surface area (Å²) in [5.41, 5.74) is 0.794. The van der Waals surface area contributed by atoms with Gasteiger partial charge in [0.2, 0.25) is 5.91 Å². The van der Waals surface area contributed by atoms with Gasteiger partial charge >= 0.3 is 0 Å². The van der Waals surface area contributed by atoms with E-state index >= 15 is 0 Å². The predicted octanol–water partition coefficient (Wildman–Crippen LogP) is 2.18. The van der Waals surface area contributed by atoms with Gasteiger partial charge in [-0.2, -0.15) is 0 Å². The summed E-state index contributed by atoms with van der Waals surface area (Å²) < 4.78 is 5.31. The van der Waals surface area contributed by atoms with Crippen molar-refractivity contribution in [2.75, 3.05) is 19.7 Å². The van der Waals surface area contributed by atoms with Gasteiger partial charge in [0, 0.05) is 25.1 Å². The van der Waals surface area contributed by atoms with Gasteiger partial charge in [0.05, 0.1) is 18.4 Å². The first kappa shape index (κ1) is 14.3. The Labute approximate surface area is 127 Å². The standard InChI is InChI=1S/C15H18N2O3S/c18-6-4-11-3-5-17(9-11)14(19)8-12-10-21-15(16-12)13-2-1-7-20-13/h1-2,7,10-11,18H,3-6,8-9H2. The maximum atomic E-state index is 12.3. The topological polar surface area (TPSA) is 66.6 Å². The second kappa shape index (κ2) is 6.41. The molecule has 6 heteroatoms. The molecule has 0 spiro atoms. The molecule has 1 atom stereocenters. The van der Waals surface area contributed by atoms with Crippen LogP contribution in [-0.4, -0.2) is 40.6 Å².